The molecule has 0 saturated heterocycles. The zero-order valence-corrected chi connectivity index (χ0v) is 4.76. The van der Waals surface area contributed by atoms with E-state index < -0.39 is 5.97 Å². The third kappa shape index (κ3) is 0.960. The van der Waals surface area contributed by atoms with Crippen molar-refractivity contribution in [3.05, 3.63) is 11.5 Å². The molecule has 4 nitrogen and oxygen atoms in total. The molecule has 0 aromatic carbocycles. The van der Waals surface area contributed by atoms with Crippen molar-refractivity contribution in [2.24, 2.45) is 5.73 Å². The highest BCUT2D eigenvalue weighted by Crippen LogP contribution is 2.13. The van der Waals surface area contributed by atoms with Crippen LogP contribution in [-0.4, -0.2) is 17.7 Å². The maximum Gasteiger partial charge on any atom is 0.337 e. The number of hydrogen-bond donors (Lipinski definition) is 2. The first-order valence-electron chi connectivity index (χ1n) is 2.56. The molecule has 1 aliphatic heterocycles. The molecule has 0 aliphatic carbocycles. The second-order valence-corrected chi connectivity index (χ2v) is 1.75. The maximum atomic E-state index is 10.2. The third-order valence-corrected chi connectivity index (χ3v) is 1.17. The van der Waals surface area contributed by atoms with E-state index in [4.69, 9.17) is 15.6 Å². The van der Waals surface area contributed by atoms with Gasteiger partial charge in [0.2, 0.25) is 0 Å². The minimum atomic E-state index is -0.981. The summed E-state index contributed by atoms with van der Waals surface area (Å²) < 4.78 is 4.70. The van der Waals surface area contributed by atoms with Crippen LogP contribution in [0.25, 0.3) is 0 Å². The van der Waals surface area contributed by atoms with E-state index in [0.29, 0.717) is 13.0 Å². The van der Waals surface area contributed by atoms with Gasteiger partial charge in [-0.3, -0.25) is 0 Å². The van der Waals surface area contributed by atoms with Crippen molar-refractivity contribution < 1.29 is 14.6 Å². The largest absolute Gasteiger partial charge is 0.479 e. The number of hydrogen-bond acceptors (Lipinski definition) is 3. The number of carboxylic acid groups (broad SMARTS) is 1. The summed E-state index contributed by atoms with van der Waals surface area (Å²) in [6.45, 7) is 0.396. The molecule has 50 valence electrons. The third-order valence-electron chi connectivity index (χ3n) is 1.17. The van der Waals surface area contributed by atoms with Gasteiger partial charge in [-0.05, 0) is 0 Å². The van der Waals surface area contributed by atoms with Crippen LogP contribution in [0.1, 0.15) is 6.42 Å². The zero-order chi connectivity index (χ0) is 6.85. The molecule has 0 amide bonds. The van der Waals surface area contributed by atoms with Crippen LogP contribution in [0.15, 0.2) is 11.5 Å². The molecule has 0 unspecified atom stereocenters. The lowest BCUT2D eigenvalue weighted by Crippen LogP contribution is -2.05. The minimum absolute atomic E-state index is 0.0579. The number of carbonyl (C=O) groups is 1. The predicted octanol–water partition coefficient (Wildman–Crippen LogP) is -0.338. The molecule has 4 heteroatoms. The van der Waals surface area contributed by atoms with Gasteiger partial charge in [0.15, 0.2) is 5.88 Å². The Bertz CT molecular complexity index is 173. The van der Waals surface area contributed by atoms with Crippen LogP contribution in [0.4, 0.5) is 0 Å². The Hall–Kier alpha value is -1.19. The van der Waals surface area contributed by atoms with Crippen molar-refractivity contribution in [2.75, 3.05) is 6.61 Å². The van der Waals surface area contributed by atoms with E-state index >= 15 is 0 Å². The van der Waals surface area contributed by atoms with Crippen LogP contribution >= 0.6 is 0 Å². The summed E-state index contributed by atoms with van der Waals surface area (Å²) in [5.41, 5.74) is 5.35. The summed E-state index contributed by atoms with van der Waals surface area (Å²) in [7, 11) is 0. The van der Waals surface area contributed by atoms with E-state index in [-0.39, 0.29) is 11.5 Å². The van der Waals surface area contributed by atoms with E-state index in [2.05, 4.69) is 0 Å². The van der Waals surface area contributed by atoms with Crippen molar-refractivity contribution in [3.63, 3.8) is 0 Å². The zero-order valence-electron chi connectivity index (χ0n) is 4.76. The maximum absolute atomic E-state index is 10.2. The number of carboxylic acids is 1. The Kier molecular flexibility index (Phi) is 1.30. The fraction of sp³-hybridized carbons (Fsp3) is 0.400. The van der Waals surface area contributed by atoms with E-state index in [1.165, 1.54) is 0 Å². The second kappa shape index (κ2) is 1.97. The highest BCUT2D eigenvalue weighted by atomic mass is 16.5. The van der Waals surface area contributed by atoms with Gasteiger partial charge < -0.3 is 15.6 Å². The first-order chi connectivity index (χ1) is 4.22. The fourth-order valence-corrected chi connectivity index (χ4v) is 0.686. The summed E-state index contributed by atoms with van der Waals surface area (Å²) in [6.07, 6.45) is 0.418. The Morgan fingerprint density at radius 2 is 2.44 bits per heavy atom. The summed E-state index contributed by atoms with van der Waals surface area (Å²) in [5, 5.41) is 8.37. The highest BCUT2D eigenvalue weighted by molar-refractivity contribution is 5.87. The monoisotopic (exact) mass is 129 g/mol. The van der Waals surface area contributed by atoms with Crippen molar-refractivity contribution in [1.82, 2.24) is 0 Å². The number of nitrogens with two attached hydrogens (primary N) is 1. The first kappa shape index (κ1) is 5.94. The lowest BCUT2D eigenvalue weighted by atomic mass is 10.2. The molecule has 1 rings (SSSR count). The van der Waals surface area contributed by atoms with Gasteiger partial charge >= 0.3 is 5.97 Å². The Morgan fingerprint density at radius 3 is 2.67 bits per heavy atom. The normalized spacial score (nSPS) is 17.8. The molecule has 0 spiro atoms. The van der Waals surface area contributed by atoms with Crippen molar-refractivity contribution >= 4 is 5.97 Å². The molecule has 0 fully saturated rings. The predicted molar refractivity (Wildman–Crippen MR) is 29.4 cm³/mol. The van der Waals surface area contributed by atoms with Crippen LogP contribution in [-0.2, 0) is 9.53 Å². The van der Waals surface area contributed by atoms with Gasteiger partial charge in [-0.15, -0.1) is 0 Å². The molecule has 1 heterocycles. The van der Waals surface area contributed by atoms with Gasteiger partial charge in [-0.25, -0.2) is 4.79 Å². The molecule has 0 aromatic rings. The van der Waals surface area contributed by atoms with Gasteiger partial charge in [-0.2, -0.15) is 0 Å². The minimum Gasteiger partial charge on any atom is -0.479 e. The topological polar surface area (TPSA) is 72.6 Å². The van der Waals surface area contributed by atoms with E-state index in [9.17, 15) is 4.79 Å². The van der Waals surface area contributed by atoms with Gasteiger partial charge in [0.1, 0.15) is 0 Å². The van der Waals surface area contributed by atoms with Crippen LogP contribution in [0, 0.1) is 0 Å². The molecule has 0 atom stereocenters. The summed E-state index contributed by atoms with van der Waals surface area (Å²) in [5.74, 6) is -0.924. The van der Waals surface area contributed by atoms with E-state index in [1.54, 1.807) is 0 Å². The molecule has 0 bridgehead atoms. The lowest BCUT2D eigenvalue weighted by Gasteiger charge is -1.92. The first-order valence-corrected chi connectivity index (χ1v) is 2.56. The van der Waals surface area contributed by atoms with Crippen LogP contribution < -0.4 is 5.73 Å². The molecular weight excluding hydrogens is 122 g/mol. The summed E-state index contributed by atoms with van der Waals surface area (Å²) in [4.78, 5) is 10.2. The number of aliphatic carboxylic acids is 1. The van der Waals surface area contributed by atoms with E-state index in [1.807, 2.05) is 0 Å². The summed E-state index contributed by atoms with van der Waals surface area (Å²) >= 11 is 0. The average Bonchev–Trinajstić information content (AvgIpc) is 2.13. The van der Waals surface area contributed by atoms with Crippen LogP contribution in [0.3, 0.4) is 0 Å². The number of rotatable bonds is 1. The SMILES string of the molecule is NC1=C(C(=O)O)CCO1. The van der Waals surface area contributed by atoms with Gasteiger partial charge in [-0.1, -0.05) is 0 Å². The lowest BCUT2D eigenvalue weighted by molar-refractivity contribution is -0.132. The highest BCUT2D eigenvalue weighted by Gasteiger charge is 2.18. The second-order valence-electron chi connectivity index (χ2n) is 1.75. The number of ether oxygens (including phenoxy) is 1. The average molecular weight is 129 g/mol. The van der Waals surface area contributed by atoms with Crippen molar-refractivity contribution in [3.8, 4) is 0 Å². The Morgan fingerprint density at radius 1 is 1.78 bits per heavy atom. The fourth-order valence-electron chi connectivity index (χ4n) is 0.686. The van der Waals surface area contributed by atoms with Gasteiger partial charge in [0, 0.05) is 6.42 Å². The standard InChI is InChI=1S/C5H7NO3/c6-4-3(5(7)8)1-2-9-4/h1-2,6H2,(H,7,8). The molecular formula is C5H7NO3. The van der Waals surface area contributed by atoms with Gasteiger partial charge in [0.05, 0.1) is 12.2 Å². The Balaban J connectivity index is 2.78. The quantitative estimate of drug-likeness (QED) is 0.508. The van der Waals surface area contributed by atoms with Crippen molar-refractivity contribution in [1.29, 1.82) is 0 Å². The molecule has 3 N–H and O–H groups in total. The molecule has 9 heavy (non-hydrogen) atoms. The molecule has 0 radical (unpaired) electrons. The smallest absolute Gasteiger partial charge is 0.337 e. The Labute approximate surface area is 51.9 Å². The molecule has 0 saturated carbocycles. The van der Waals surface area contributed by atoms with Crippen LogP contribution in [0.2, 0.25) is 0 Å². The summed E-state index contributed by atoms with van der Waals surface area (Å²) in [6, 6.07) is 0. The van der Waals surface area contributed by atoms with Crippen molar-refractivity contribution in [2.45, 2.75) is 6.42 Å². The molecule has 0 aromatic heterocycles. The van der Waals surface area contributed by atoms with Crippen LogP contribution in [0.5, 0.6) is 0 Å². The van der Waals surface area contributed by atoms with E-state index in [0.717, 1.165) is 0 Å². The van der Waals surface area contributed by atoms with Gasteiger partial charge in [0.25, 0.3) is 0 Å². The molecule has 1 aliphatic rings.